The number of aryl methyl sites for hydroxylation is 2. The molecule has 2 heterocycles. The van der Waals surface area contributed by atoms with Crippen LogP contribution in [0, 0.1) is 6.92 Å². The maximum Gasteiger partial charge on any atom is 0.253 e. The van der Waals surface area contributed by atoms with Gasteiger partial charge in [0.25, 0.3) is 5.91 Å². The van der Waals surface area contributed by atoms with Gasteiger partial charge < -0.3 is 15.5 Å². The van der Waals surface area contributed by atoms with Crippen molar-refractivity contribution in [2.45, 2.75) is 20.3 Å². The zero-order valence-corrected chi connectivity index (χ0v) is 12.5. The molecule has 2 rings (SSSR count). The Morgan fingerprint density at radius 1 is 1.33 bits per heavy atom. The Labute approximate surface area is 124 Å². The number of nitrogens with zero attached hydrogens (tertiary/aromatic N) is 3. The number of amides is 2. The van der Waals surface area contributed by atoms with Crippen molar-refractivity contribution in [3.63, 3.8) is 0 Å². The van der Waals surface area contributed by atoms with Gasteiger partial charge in [0.05, 0.1) is 23.5 Å². The summed E-state index contributed by atoms with van der Waals surface area (Å²) in [6.07, 6.45) is 0.627. The molecule has 1 fully saturated rings. The van der Waals surface area contributed by atoms with E-state index in [9.17, 15) is 9.59 Å². The molecule has 0 atom stereocenters. The first-order chi connectivity index (χ1) is 10.1. The first-order valence-electron chi connectivity index (χ1n) is 7.21. The molecule has 1 aliphatic rings. The molecule has 0 bridgehead atoms. The molecule has 114 valence electrons. The van der Waals surface area contributed by atoms with E-state index in [1.165, 1.54) is 0 Å². The quantitative estimate of drug-likeness (QED) is 0.781. The van der Waals surface area contributed by atoms with Crippen LogP contribution in [0.1, 0.15) is 28.7 Å². The lowest BCUT2D eigenvalue weighted by Crippen LogP contribution is -2.49. The van der Waals surface area contributed by atoms with E-state index >= 15 is 0 Å². The van der Waals surface area contributed by atoms with Crippen molar-refractivity contribution in [2.24, 2.45) is 0 Å². The lowest BCUT2D eigenvalue weighted by Gasteiger charge is -2.27. The predicted octanol–water partition coefficient (Wildman–Crippen LogP) is -0.491. The molecule has 1 aliphatic heterocycles. The van der Waals surface area contributed by atoms with Crippen molar-refractivity contribution >= 4 is 11.8 Å². The van der Waals surface area contributed by atoms with Crippen LogP contribution in [0.5, 0.6) is 0 Å². The molecule has 0 aliphatic carbocycles. The summed E-state index contributed by atoms with van der Waals surface area (Å²) in [6.45, 7) is 6.69. The van der Waals surface area contributed by atoms with E-state index in [0.717, 1.165) is 13.1 Å². The van der Waals surface area contributed by atoms with Gasteiger partial charge in [-0.1, -0.05) is 6.92 Å². The van der Waals surface area contributed by atoms with Crippen molar-refractivity contribution < 1.29 is 9.59 Å². The van der Waals surface area contributed by atoms with Crippen LogP contribution in [0.2, 0.25) is 0 Å². The summed E-state index contributed by atoms with van der Waals surface area (Å²) < 4.78 is 0. The highest BCUT2D eigenvalue weighted by Gasteiger charge is 2.18. The molecule has 1 aromatic rings. The lowest BCUT2D eigenvalue weighted by atomic mass is 10.1. The van der Waals surface area contributed by atoms with Crippen LogP contribution in [-0.2, 0) is 11.2 Å². The summed E-state index contributed by atoms with van der Waals surface area (Å²) in [4.78, 5) is 26.0. The van der Waals surface area contributed by atoms with Gasteiger partial charge in [-0.15, -0.1) is 0 Å². The van der Waals surface area contributed by atoms with E-state index in [1.54, 1.807) is 17.9 Å². The number of hydrogen-bond donors (Lipinski definition) is 2. The molecule has 0 saturated carbocycles. The molecule has 7 heteroatoms. The van der Waals surface area contributed by atoms with E-state index in [0.29, 0.717) is 36.5 Å². The number of aromatic nitrogens is 2. The Kier molecular flexibility index (Phi) is 5.21. The van der Waals surface area contributed by atoms with Gasteiger partial charge in [0.15, 0.2) is 0 Å². The Hall–Kier alpha value is -2.02. The number of rotatable bonds is 4. The topological polar surface area (TPSA) is 87.2 Å². The van der Waals surface area contributed by atoms with E-state index in [2.05, 4.69) is 20.8 Å². The number of hydrogen-bond acceptors (Lipinski definition) is 5. The minimum atomic E-state index is -0.270. The van der Waals surface area contributed by atoms with E-state index in [1.807, 2.05) is 6.92 Å². The molecular weight excluding hydrogens is 270 g/mol. The molecule has 7 nitrogen and oxygen atoms in total. The van der Waals surface area contributed by atoms with Crippen LogP contribution in [0.25, 0.3) is 0 Å². The van der Waals surface area contributed by atoms with Crippen molar-refractivity contribution in [3.8, 4) is 0 Å². The molecule has 0 unspecified atom stereocenters. The molecule has 21 heavy (non-hydrogen) atoms. The Morgan fingerprint density at radius 2 is 2.05 bits per heavy atom. The first-order valence-corrected chi connectivity index (χ1v) is 7.21. The fraction of sp³-hybridized carbons (Fsp3) is 0.571. The number of nitrogens with one attached hydrogen (secondary N) is 2. The fourth-order valence-electron chi connectivity index (χ4n) is 2.25. The minimum absolute atomic E-state index is 0.0172. The molecule has 2 amide bonds. The summed E-state index contributed by atoms with van der Waals surface area (Å²) >= 11 is 0. The highest BCUT2D eigenvalue weighted by molar-refractivity contribution is 5.97. The average molecular weight is 291 g/mol. The third-order valence-corrected chi connectivity index (χ3v) is 3.44. The van der Waals surface area contributed by atoms with Gasteiger partial charge in [0.2, 0.25) is 5.91 Å². The molecule has 2 N–H and O–H groups in total. The summed E-state index contributed by atoms with van der Waals surface area (Å²) in [5, 5.41) is 13.8. The lowest BCUT2D eigenvalue weighted by molar-refractivity contribution is -0.130. The van der Waals surface area contributed by atoms with Gasteiger partial charge in [-0.2, -0.15) is 10.2 Å². The zero-order valence-electron chi connectivity index (χ0n) is 12.5. The minimum Gasteiger partial charge on any atom is -0.343 e. The first kappa shape index (κ1) is 15.4. The van der Waals surface area contributed by atoms with Crippen molar-refractivity contribution in [1.82, 2.24) is 25.7 Å². The average Bonchev–Trinajstić information content (AvgIpc) is 2.53. The SMILES string of the molecule is CCc1nnc(C)cc1C(=O)NCC(=O)N1CCNCC1. The van der Waals surface area contributed by atoms with Crippen molar-refractivity contribution in [2.75, 3.05) is 32.7 Å². The Morgan fingerprint density at radius 3 is 2.71 bits per heavy atom. The van der Waals surface area contributed by atoms with Gasteiger partial charge >= 0.3 is 0 Å². The van der Waals surface area contributed by atoms with Crippen LogP contribution in [0.15, 0.2) is 6.07 Å². The molecular formula is C14H21N5O2. The highest BCUT2D eigenvalue weighted by atomic mass is 16.2. The summed E-state index contributed by atoms with van der Waals surface area (Å²) in [6, 6.07) is 1.70. The maximum atomic E-state index is 12.2. The summed E-state index contributed by atoms with van der Waals surface area (Å²) in [5.41, 5.74) is 1.83. The van der Waals surface area contributed by atoms with Crippen LogP contribution in [-0.4, -0.2) is 59.6 Å². The van der Waals surface area contributed by atoms with E-state index in [4.69, 9.17) is 0 Å². The normalized spacial score (nSPS) is 14.9. The zero-order chi connectivity index (χ0) is 15.2. The fourth-order valence-corrected chi connectivity index (χ4v) is 2.25. The molecule has 0 radical (unpaired) electrons. The molecule has 0 spiro atoms. The van der Waals surface area contributed by atoms with Gasteiger partial charge in [0, 0.05) is 26.2 Å². The standard InChI is InChI=1S/C14H21N5O2/c1-3-12-11(8-10(2)17-18-12)14(21)16-9-13(20)19-6-4-15-5-7-19/h8,15H,3-7,9H2,1-2H3,(H,16,21). The van der Waals surface area contributed by atoms with Crippen LogP contribution >= 0.6 is 0 Å². The van der Waals surface area contributed by atoms with Crippen LogP contribution < -0.4 is 10.6 Å². The smallest absolute Gasteiger partial charge is 0.253 e. The molecule has 1 saturated heterocycles. The van der Waals surface area contributed by atoms with Gasteiger partial charge in [-0.3, -0.25) is 9.59 Å². The van der Waals surface area contributed by atoms with Crippen LogP contribution in [0.3, 0.4) is 0 Å². The highest BCUT2D eigenvalue weighted by Crippen LogP contribution is 2.07. The Balaban J connectivity index is 1.95. The third kappa shape index (κ3) is 3.98. The van der Waals surface area contributed by atoms with Gasteiger partial charge in [-0.05, 0) is 19.4 Å². The van der Waals surface area contributed by atoms with Crippen molar-refractivity contribution in [1.29, 1.82) is 0 Å². The predicted molar refractivity (Wildman–Crippen MR) is 77.9 cm³/mol. The number of carbonyl (C=O) groups is 2. The Bertz CT molecular complexity index is 526. The second-order valence-electron chi connectivity index (χ2n) is 5.01. The monoisotopic (exact) mass is 291 g/mol. The second-order valence-corrected chi connectivity index (χ2v) is 5.01. The molecule has 0 aromatic carbocycles. The van der Waals surface area contributed by atoms with E-state index in [-0.39, 0.29) is 18.4 Å². The largest absolute Gasteiger partial charge is 0.343 e. The summed E-state index contributed by atoms with van der Waals surface area (Å²) in [7, 11) is 0. The maximum absolute atomic E-state index is 12.2. The van der Waals surface area contributed by atoms with Gasteiger partial charge in [0.1, 0.15) is 0 Å². The van der Waals surface area contributed by atoms with Crippen molar-refractivity contribution in [3.05, 3.63) is 23.0 Å². The van der Waals surface area contributed by atoms with Crippen LogP contribution in [0.4, 0.5) is 0 Å². The van der Waals surface area contributed by atoms with Gasteiger partial charge in [-0.25, -0.2) is 0 Å². The van der Waals surface area contributed by atoms with E-state index < -0.39 is 0 Å². The number of carbonyl (C=O) groups excluding carboxylic acids is 2. The third-order valence-electron chi connectivity index (χ3n) is 3.44. The number of piperazine rings is 1. The summed E-state index contributed by atoms with van der Waals surface area (Å²) in [5.74, 6) is -0.324. The second kappa shape index (κ2) is 7.12. The molecule has 1 aromatic heterocycles.